The molecule has 8 heteroatoms. The van der Waals surface area contributed by atoms with Crippen LogP contribution in [0.5, 0.6) is 0 Å². The van der Waals surface area contributed by atoms with Crippen molar-refractivity contribution in [2.45, 2.75) is 39.5 Å². The van der Waals surface area contributed by atoms with E-state index in [1.807, 2.05) is 50.2 Å². The first-order chi connectivity index (χ1) is 16.3. The Morgan fingerprint density at radius 2 is 1.82 bits per heavy atom. The summed E-state index contributed by atoms with van der Waals surface area (Å²) in [4.78, 5) is 40.7. The maximum absolute atomic E-state index is 13.5. The van der Waals surface area contributed by atoms with Crippen molar-refractivity contribution in [2.75, 3.05) is 12.4 Å². The number of fused-ring (bicyclic) bond motifs is 1. The molecule has 0 atom stereocenters. The minimum Gasteiger partial charge on any atom is -0.322 e. The van der Waals surface area contributed by atoms with E-state index < -0.39 is 0 Å². The predicted molar refractivity (Wildman–Crippen MR) is 138 cm³/mol. The highest BCUT2D eigenvalue weighted by molar-refractivity contribution is 8.18. The van der Waals surface area contributed by atoms with Gasteiger partial charge in [-0.1, -0.05) is 18.2 Å². The quantitative estimate of drug-likeness (QED) is 0.458. The summed E-state index contributed by atoms with van der Waals surface area (Å²) >= 11 is 2.64. The van der Waals surface area contributed by atoms with E-state index in [9.17, 15) is 14.4 Å². The van der Waals surface area contributed by atoms with Crippen molar-refractivity contribution >= 4 is 51.9 Å². The molecule has 3 heterocycles. The molecule has 1 aliphatic heterocycles. The molecule has 174 valence electrons. The number of aromatic nitrogens is 1. The Balaban J connectivity index is 1.59. The number of carbonyl (C=O) groups is 3. The number of hydrogen-bond donors (Lipinski definition) is 1. The van der Waals surface area contributed by atoms with Crippen LogP contribution in [0.25, 0.3) is 11.1 Å². The summed E-state index contributed by atoms with van der Waals surface area (Å²) in [7, 11) is 1.50. The number of para-hydroxylation sites is 1. The van der Waals surface area contributed by atoms with Crippen LogP contribution >= 0.6 is 23.1 Å². The summed E-state index contributed by atoms with van der Waals surface area (Å²) in [6, 6.07) is 11.5. The van der Waals surface area contributed by atoms with Gasteiger partial charge in [0.2, 0.25) is 0 Å². The third-order valence-electron chi connectivity index (χ3n) is 6.36. The first kappa shape index (κ1) is 22.7. The van der Waals surface area contributed by atoms with Gasteiger partial charge in [0, 0.05) is 29.0 Å². The second-order valence-electron chi connectivity index (χ2n) is 8.61. The molecule has 0 unspecified atom stereocenters. The molecule has 5 rings (SSSR count). The van der Waals surface area contributed by atoms with Gasteiger partial charge in [-0.3, -0.25) is 19.3 Å². The molecule has 3 aromatic rings. The topological polar surface area (TPSA) is 71.4 Å². The minimum atomic E-state index is -0.283. The van der Waals surface area contributed by atoms with E-state index in [0.717, 1.165) is 81.1 Å². The van der Waals surface area contributed by atoms with Gasteiger partial charge in [0.05, 0.1) is 10.5 Å². The fourth-order valence-electron chi connectivity index (χ4n) is 4.59. The third-order valence-corrected chi connectivity index (χ3v) is 8.60. The van der Waals surface area contributed by atoms with Gasteiger partial charge in [0.25, 0.3) is 17.1 Å². The highest BCUT2D eigenvalue weighted by atomic mass is 32.2. The van der Waals surface area contributed by atoms with E-state index in [1.165, 1.54) is 11.9 Å². The maximum atomic E-state index is 13.5. The number of nitrogens with one attached hydrogen (secondary N) is 1. The lowest BCUT2D eigenvalue weighted by molar-refractivity contribution is -0.121. The monoisotopic (exact) mass is 491 g/mol. The molecule has 0 bridgehead atoms. The number of amides is 3. The summed E-state index contributed by atoms with van der Waals surface area (Å²) in [5.41, 5.74) is 5.45. The largest absolute Gasteiger partial charge is 0.322 e. The molecule has 1 saturated heterocycles. The molecule has 2 aliphatic rings. The molecular weight excluding hydrogens is 466 g/mol. The lowest BCUT2D eigenvalue weighted by atomic mass is 9.95. The normalized spacial score (nSPS) is 16.9. The molecule has 34 heavy (non-hydrogen) atoms. The number of benzene rings is 1. The SMILES string of the molecule is Cc1cc(/C=C2/SC(=O)N(C)C2=O)c(C)n1-c1sc2c(c1C(=O)Nc1ccccc1)CCCC2. The number of thiophene rings is 1. The third kappa shape index (κ3) is 3.91. The molecule has 2 aromatic heterocycles. The molecule has 6 nitrogen and oxygen atoms in total. The minimum absolute atomic E-state index is 0.0956. The van der Waals surface area contributed by atoms with Crippen molar-refractivity contribution in [3.63, 3.8) is 0 Å². The predicted octanol–water partition coefficient (Wildman–Crippen LogP) is 5.95. The first-order valence-electron chi connectivity index (χ1n) is 11.3. The number of imide groups is 1. The lowest BCUT2D eigenvalue weighted by Gasteiger charge is -2.14. The zero-order valence-electron chi connectivity index (χ0n) is 19.3. The van der Waals surface area contributed by atoms with E-state index in [4.69, 9.17) is 0 Å². The van der Waals surface area contributed by atoms with Crippen LogP contribution < -0.4 is 5.32 Å². The summed E-state index contributed by atoms with van der Waals surface area (Å²) in [5.74, 6) is -0.379. The molecule has 3 amide bonds. The number of thioether (sulfide) groups is 1. The zero-order valence-corrected chi connectivity index (χ0v) is 20.9. The molecule has 0 radical (unpaired) electrons. The van der Waals surface area contributed by atoms with Crippen molar-refractivity contribution in [1.29, 1.82) is 0 Å². The molecule has 0 spiro atoms. The average molecular weight is 492 g/mol. The smallest absolute Gasteiger partial charge is 0.293 e. The molecule has 1 N–H and O–H groups in total. The second-order valence-corrected chi connectivity index (χ2v) is 10.7. The van der Waals surface area contributed by atoms with Crippen LogP contribution in [0.15, 0.2) is 41.3 Å². The Bertz CT molecular complexity index is 1350. The van der Waals surface area contributed by atoms with Crippen LogP contribution in [0.4, 0.5) is 10.5 Å². The van der Waals surface area contributed by atoms with Crippen molar-refractivity contribution in [2.24, 2.45) is 0 Å². The number of carbonyl (C=O) groups excluding carboxylic acids is 3. The highest BCUT2D eigenvalue weighted by Gasteiger charge is 2.33. The Hall–Kier alpha value is -3.10. The fraction of sp³-hybridized carbons (Fsp3) is 0.269. The van der Waals surface area contributed by atoms with Gasteiger partial charge >= 0.3 is 0 Å². The van der Waals surface area contributed by atoms with E-state index in [0.29, 0.717) is 4.91 Å². The molecule has 1 aliphatic carbocycles. The second kappa shape index (κ2) is 8.92. The summed E-state index contributed by atoms with van der Waals surface area (Å²) < 4.78 is 2.12. The van der Waals surface area contributed by atoms with Crippen molar-refractivity contribution in [1.82, 2.24) is 9.47 Å². The van der Waals surface area contributed by atoms with Gasteiger partial charge in [-0.25, -0.2) is 0 Å². The van der Waals surface area contributed by atoms with Gasteiger partial charge in [-0.2, -0.15) is 0 Å². The highest BCUT2D eigenvalue weighted by Crippen LogP contribution is 2.40. The number of rotatable bonds is 4. The Labute approximate surface area is 206 Å². The number of likely N-dealkylation sites (N-methyl/N-ethyl adjacent to an activating group) is 1. The van der Waals surface area contributed by atoms with Gasteiger partial charge in [0.15, 0.2) is 0 Å². The molecular formula is C26H25N3O3S2. The van der Waals surface area contributed by atoms with Crippen LogP contribution in [0, 0.1) is 13.8 Å². The summed E-state index contributed by atoms with van der Waals surface area (Å²) in [6.07, 6.45) is 5.89. The standard InChI is InChI=1S/C26H25N3O3S2/c1-15-13-17(14-21-24(31)28(3)26(32)34-21)16(2)29(15)25-22(19-11-7-8-12-20(19)33-25)23(30)27-18-9-5-4-6-10-18/h4-6,9-10,13-14H,7-8,11-12H2,1-3H3,(H,27,30)/b21-14+. The van der Waals surface area contributed by atoms with E-state index in [1.54, 1.807) is 17.4 Å². The molecule has 1 fully saturated rings. The van der Waals surface area contributed by atoms with Gasteiger partial charge in [0.1, 0.15) is 5.00 Å². The van der Waals surface area contributed by atoms with E-state index >= 15 is 0 Å². The Morgan fingerprint density at radius 3 is 2.53 bits per heavy atom. The molecule has 1 aromatic carbocycles. The number of anilines is 1. The van der Waals surface area contributed by atoms with Crippen molar-refractivity contribution in [3.05, 3.63) is 74.3 Å². The van der Waals surface area contributed by atoms with Gasteiger partial charge in [-0.15, -0.1) is 11.3 Å². The van der Waals surface area contributed by atoms with Gasteiger partial charge in [-0.05, 0) is 86.7 Å². The van der Waals surface area contributed by atoms with Crippen LogP contribution in [0.2, 0.25) is 0 Å². The van der Waals surface area contributed by atoms with Crippen LogP contribution in [0.1, 0.15) is 50.6 Å². The summed E-state index contributed by atoms with van der Waals surface area (Å²) in [6.45, 7) is 4.00. The Morgan fingerprint density at radius 1 is 1.09 bits per heavy atom. The first-order valence-corrected chi connectivity index (χ1v) is 12.9. The average Bonchev–Trinajstić information content (AvgIpc) is 3.41. The van der Waals surface area contributed by atoms with E-state index in [2.05, 4.69) is 9.88 Å². The lowest BCUT2D eigenvalue weighted by Crippen LogP contribution is -2.22. The fourth-order valence-corrected chi connectivity index (χ4v) is 6.91. The van der Waals surface area contributed by atoms with Crippen LogP contribution in [-0.2, 0) is 17.6 Å². The van der Waals surface area contributed by atoms with Crippen LogP contribution in [-0.4, -0.2) is 33.6 Å². The number of aryl methyl sites for hydroxylation is 2. The zero-order chi connectivity index (χ0) is 24.0. The summed E-state index contributed by atoms with van der Waals surface area (Å²) in [5, 5.41) is 3.72. The maximum Gasteiger partial charge on any atom is 0.293 e. The Kier molecular flexibility index (Phi) is 5.95. The van der Waals surface area contributed by atoms with Crippen molar-refractivity contribution in [3.8, 4) is 5.00 Å². The number of hydrogen-bond acceptors (Lipinski definition) is 5. The van der Waals surface area contributed by atoms with E-state index in [-0.39, 0.29) is 17.1 Å². The molecule has 0 saturated carbocycles. The van der Waals surface area contributed by atoms with Crippen LogP contribution in [0.3, 0.4) is 0 Å². The van der Waals surface area contributed by atoms with Gasteiger partial charge < -0.3 is 9.88 Å². The van der Waals surface area contributed by atoms with Crippen molar-refractivity contribution < 1.29 is 14.4 Å². The number of nitrogens with zero attached hydrogens (tertiary/aromatic N) is 2.